The lowest BCUT2D eigenvalue weighted by molar-refractivity contribution is 0.777. The minimum absolute atomic E-state index is 0.885. The lowest BCUT2D eigenvalue weighted by atomic mass is 10.3. The van der Waals surface area contributed by atoms with Crippen LogP contribution in [0.3, 0.4) is 0 Å². The Hall–Kier alpha value is 1.16. The second-order valence-electron chi connectivity index (χ2n) is 1.50. The van der Waals surface area contributed by atoms with Crippen molar-refractivity contribution < 1.29 is 0 Å². The van der Waals surface area contributed by atoms with E-state index in [1.807, 2.05) is 0 Å². The summed E-state index contributed by atoms with van der Waals surface area (Å²) >= 11 is 2.40. The molecule has 0 aliphatic rings. The van der Waals surface area contributed by atoms with Gasteiger partial charge in [0.2, 0.25) is 0 Å². The fraction of sp³-hybridized carbons (Fsp3) is 1.00. The van der Waals surface area contributed by atoms with Crippen molar-refractivity contribution >= 4 is 31.8 Å². The highest BCUT2D eigenvalue weighted by Crippen LogP contribution is 2.02. The van der Waals surface area contributed by atoms with Gasteiger partial charge >= 0.3 is 0 Å². The Kier molecular flexibility index (Phi) is 5.16. The molecule has 0 aliphatic carbocycles. The molecule has 0 aromatic rings. The summed E-state index contributed by atoms with van der Waals surface area (Å²) in [7, 11) is 2.73. The normalized spacial score (nSPS) is 14.5. The zero-order valence-corrected chi connectivity index (χ0v) is 7.26. The van der Waals surface area contributed by atoms with Gasteiger partial charge in [-0.15, -0.1) is 9.24 Å². The lowest BCUT2D eigenvalue weighted by Gasteiger charge is -1.97. The van der Waals surface area contributed by atoms with Crippen LogP contribution in [0.5, 0.6) is 0 Å². The van der Waals surface area contributed by atoms with Crippen LogP contribution in [-0.2, 0) is 0 Å². The van der Waals surface area contributed by atoms with Crippen molar-refractivity contribution in [2.45, 2.75) is 6.92 Å². The smallest absolute Gasteiger partial charge is 0.00242 e. The Balaban J connectivity index is 2.75. The Morgan fingerprint density at radius 3 is 2.33 bits per heavy atom. The van der Waals surface area contributed by atoms with E-state index >= 15 is 0 Å². The summed E-state index contributed by atoms with van der Waals surface area (Å²) in [5.74, 6) is 0.885. The second kappa shape index (κ2) is 4.32. The summed E-state index contributed by atoms with van der Waals surface area (Å²) < 4.78 is 1.28. The van der Waals surface area contributed by atoms with E-state index < -0.39 is 0 Å². The molecule has 0 heterocycles. The average molecular weight is 216 g/mol. The van der Waals surface area contributed by atoms with E-state index in [4.69, 9.17) is 0 Å². The van der Waals surface area contributed by atoms with Gasteiger partial charge in [-0.3, -0.25) is 0 Å². The van der Waals surface area contributed by atoms with Crippen molar-refractivity contribution in [3.63, 3.8) is 0 Å². The molecule has 0 saturated heterocycles. The molecule has 0 rings (SSSR count). The quantitative estimate of drug-likeness (QED) is 0.376. The van der Waals surface area contributed by atoms with E-state index in [0.29, 0.717) is 0 Å². The Bertz CT molecular complexity index is 26.7. The molecule has 0 radical (unpaired) electrons. The molecule has 0 saturated carbocycles. The van der Waals surface area contributed by atoms with Crippen molar-refractivity contribution in [3.8, 4) is 0 Å². The molecule has 0 aromatic carbocycles. The molecule has 2 heteroatoms. The first-order valence-electron chi connectivity index (χ1n) is 2.07. The van der Waals surface area contributed by atoms with Gasteiger partial charge in [0.1, 0.15) is 0 Å². The lowest BCUT2D eigenvalue weighted by Crippen LogP contribution is -1.93. The van der Waals surface area contributed by atoms with E-state index in [-0.39, 0.29) is 0 Å². The highest BCUT2D eigenvalue weighted by atomic mass is 127. The predicted octanol–water partition coefficient (Wildman–Crippen LogP) is 1.93. The molecule has 0 spiro atoms. The van der Waals surface area contributed by atoms with Gasteiger partial charge in [-0.05, 0) is 12.1 Å². The fourth-order valence-corrected chi connectivity index (χ4v) is 1.27. The molecular weight excluding hydrogens is 206 g/mol. The molecule has 2 atom stereocenters. The molecule has 0 N–H and O–H groups in total. The first-order valence-corrected chi connectivity index (χ1v) is 4.41. The van der Waals surface area contributed by atoms with Crippen LogP contribution in [0.4, 0.5) is 0 Å². The summed E-state index contributed by atoms with van der Waals surface area (Å²) in [6, 6.07) is 0. The predicted molar refractivity (Wildman–Crippen MR) is 42.6 cm³/mol. The number of rotatable bonds is 2. The van der Waals surface area contributed by atoms with E-state index in [1.54, 1.807) is 0 Å². The Morgan fingerprint density at radius 2 is 2.33 bits per heavy atom. The van der Waals surface area contributed by atoms with Gasteiger partial charge in [0, 0.05) is 4.43 Å². The van der Waals surface area contributed by atoms with Crippen LogP contribution in [0.2, 0.25) is 0 Å². The van der Waals surface area contributed by atoms with E-state index in [2.05, 4.69) is 38.8 Å². The third-order valence-corrected chi connectivity index (χ3v) is 2.97. The summed E-state index contributed by atoms with van der Waals surface area (Å²) in [6.45, 7) is 2.25. The molecule has 1 unspecified atom stereocenters. The van der Waals surface area contributed by atoms with Crippen LogP contribution in [0.15, 0.2) is 0 Å². The van der Waals surface area contributed by atoms with Crippen LogP contribution < -0.4 is 0 Å². The third kappa shape index (κ3) is 3.35. The Labute approximate surface area is 55.4 Å². The molecule has 0 aliphatic heterocycles. The van der Waals surface area contributed by atoms with Gasteiger partial charge in [0.25, 0.3) is 0 Å². The van der Waals surface area contributed by atoms with Gasteiger partial charge in [-0.1, -0.05) is 29.5 Å². The zero-order valence-electron chi connectivity index (χ0n) is 3.95. The van der Waals surface area contributed by atoms with Crippen LogP contribution in [0.25, 0.3) is 0 Å². The molecule has 0 amide bonds. The summed E-state index contributed by atoms with van der Waals surface area (Å²) in [5.41, 5.74) is 0. The monoisotopic (exact) mass is 216 g/mol. The van der Waals surface area contributed by atoms with Crippen molar-refractivity contribution in [1.82, 2.24) is 0 Å². The minimum Gasteiger partial charge on any atom is -0.137 e. The SMILES string of the molecule is C[C@H](CP)CI. The minimum atomic E-state index is 0.885. The molecular formula is C4H10IP. The van der Waals surface area contributed by atoms with E-state index in [0.717, 1.165) is 5.92 Å². The fourth-order valence-electron chi connectivity index (χ4n) is 0.0630. The number of halogens is 1. The van der Waals surface area contributed by atoms with Gasteiger partial charge in [-0.2, -0.15) is 0 Å². The maximum Gasteiger partial charge on any atom is 0.00242 e. The van der Waals surface area contributed by atoms with Crippen molar-refractivity contribution in [2.75, 3.05) is 10.6 Å². The molecule has 0 nitrogen and oxygen atoms in total. The molecule has 0 fully saturated rings. The Morgan fingerprint density at radius 1 is 1.83 bits per heavy atom. The molecule has 6 heavy (non-hydrogen) atoms. The summed E-state index contributed by atoms with van der Waals surface area (Å²) in [5, 5.41) is 0. The largest absolute Gasteiger partial charge is 0.137 e. The molecule has 0 aromatic heterocycles. The van der Waals surface area contributed by atoms with Crippen molar-refractivity contribution in [2.24, 2.45) is 5.92 Å². The number of hydrogen-bond acceptors (Lipinski definition) is 0. The maximum atomic E-state index is 2.73. The van der Waals surface area contributed by atoms with Gasteiger partial charge in [0.05, 0.1) is 0 Å². The second-order valence-corrected chi connectivity index (χ2v) is 2.85. The summed E-state index contributed by atoms with van der Waals surface area (Å²) in [6.07, 6.45) is 1.24. The third-order valence-electron chi connectivity index (χ3n) is 0.666. The van der Waals surface area contributed by atoms with Gasteiger partial charge in [0.15, 0.2) is 0 Å². The van der Waals surface area contributed by atoms with Gasteiger partial charge < -0.3 is 0 Å². The number of hydrogen-bond donors (Lipinski definition) is 0. The number of alkyl halides is 1. The van der Waals surface area contributed by atoms with Crippen LogP contribution in [0, 0.1) is 5.92 Å². The van der Waals surface area contributed by atoms with Crippen LogP contribution >= 0.6 is 31.8 Å². The topological polar surface area (TPSA) is 0 Å². The first kappa shape index (κ1) is 7.16. The first-order chi connectivity index (χ1) is 2.81. The van der Waals surface area contributed by atoms with Crippen LogP contribution in [0.1, 0.15) is 6.92 Å². The highest BCUT2D eigenvalue weighted by Gasteiger charge is 1.90. The van der Waals surface area contributed by atoms with Crippen LogP contribution in [-0.4, -0.2) is 10.6 Å². The zero-order chi connectivity index (χ0) is 4.99. The van der Waals surface area contributed by atoms with Crippen molar-refractivity contribution in [1.29, 1.82) is 0 Å². The van der Waals surface area contributed by atoms with Gasteiger partial charge in [-0.25, -0.2) is 0 Å². The van der Waals surface area contributed by atoms with Crippen molar-refractivity contribution in [3.05, 3.63) is 0 Å². The standard InChI is InChI=1S/C4H10IP/c1-4(2-5)3-6/h4H,2-3,6H2,1H3/t4-/m0/s1. The van der Waals surface area contributed by atoms with E-state index in [9.17, 15) is 0 Å². The average Bonchev–Trinajstić information content (AvgIpc) is 1.65. The maximum absolute atomic E-state index is 2.73. The molecule has 0 bridgehead atoms. The molecule has 38 valence electrons. The summed E-state index contributed by atoms with van der Waals surface area (Å²) in [4.78, 5) is 0. The van der Waals surface area contributed by atoms with E-state index in [1.165, 1.54) is 10.6 Å². The highest BCUT2D eigenvalue weighted by molar-refractivity contribution is 14.1.